The van der Waals surface area contributed by atoms with Gasteiger partial charge in [0.25, 0.3) is 11.6 Å². The molecule has 1 aromatic carbocycles. The molecule has 0 saturated carbocycles. The first-order chi connectivity index (χ1) is 12.5. The van der Waals surface area contributed by atoms with E-state index >= 15 is 0 Å². The molecule has 3 rings (SSSR count). The highest BCUT2D eigenvalue weighted by Gasteiger charge is 2.25. The third-order valence-electron chi connectivity index (χ3n) is 4.29. The van der Waals surface area contributed by atoms with Crippen molar-refractivity contribution in [2.45, 2.75) is 19.9 Å². The lowest BCUT2D eigenvalue weighted by atomic mass is 10.2. The Balaban J connectivity index is 1.71. The monoisotopic (exact) mass is 358 g/mol. The Kier molecular flexibility index (Phi) is 5.11. The van der Waals surface area contributed by atoms with Gasteiger partial charge in [0.05, 0.1) is 11.2 Å². The van der Waals surface area contributed by atoms with Crippen LogP contribution in [0.25, 0.3) is 0 Å². The molecule has 0 bridgehead atoms. The van der Waals surface area contributed by atoms with Gasteiger partial charge in [-0.05, 0) is 38.1 Å². The van der Waals surface area contributed by atoms with Crippen molar-refractivity contribution in [1.82, 2.24) is 4.90 Å². The summed E-state index contributed by atoms with van der Waals surface area (Å²) >= 11 is 0. The minimum atomic E-state index is -0.380. The third kappa shape index (κ3) is 3.79. The topological polar surface area (TPSA) is 91.9 Å². The maximum atomic E-state index is 12.3. The number of hydrogen-bond acceptors (Lipinski definition) is 6. The molecule has 26 heavy (non-hydrogen) atoms. The molecular formula is C18H22N4O4. The molecule has 0 radical (unpaired) electrons. The molecule has 1 N–H and O–H groups in total. The Morgan fingerprint density at radius 3 is 2.54 bits per heavy atom. The van der Waals surface area contributed by atoms with Gasteiger partial charge in [0, 0.05) is 44.0 Å². The smallest absolute Gasteiger partial charge is 0.292 e. The number of amides is 1. The standard InChI is InChI=1S/C18H22N4O4/c1-13(2)19-15-12-14(5-6-16(15)22(24)25)20-7-9-21(10-8-20)18(23)17-4-3-11-26-17/h3-6,11-13,19H,7-10H2,1-2H3. The van der Waals surface area contributed by atoms with Crippen LogP contribution in [0.1, 0.15) is 24.4 Å². The number of nitrogens with zero attached hydrogens (tertiary/aromatic N) is 3. The van der Waals surface area contributed by atoms with Crippen molar-refractivity contribution in [3.63, 3.8) is 0 Å². The van der Waals surface area contributed by atoms with Crippen LogP contribution in [0.3, 0.4) is 0 Å². The summed E-state index contributed by atoms with van der Waals surface area (Å²) in [4.78, 5) is 27.1. The molecule has 8 heteroatoms. The number of nitro benzene ring substituents is 1. The zero-order chi connectivity index (χ0) is 18.7. The Morgan fingerprint density at radius 1 is 1.23 bits per heavy atom. The van der Waals surface area contributed by atoms with Crippen molar-refractivity contribution < 1.29 is 14.1 Å². The molecule has 1 aliphatic heterocycles. The van der Waals surface area contributed by atoms with Gasteiger partial charge in [-0.25, -0.2) is 0 Å². The van der Waals surface area contributed by atoms with Crippen LogP contribution < -0.4 is 10.2 Å². The normalized spacial score (nSPS) is 14.6. The maximum Gasteiger partial charge on any atom is 0.292 e. The van der Waals surface area contributed by atoms with Gasteiger partial charge < -0.3 is 19.5 Å². The van der Waals surface area contributed by atoms with E-state index in [4.69, 9.17) is 4.42 Å². The van der Waals surface area contributed by atoms with Crippen LogP contribution in [0.5, 0.6) is 0 Å². The van der Waals surface area contributed by atoms with Crippen LogP contribution >= 0.6 is 0 Å². The minimum absolute atomic E-state index is 0.0640. The quantitative estimate of drug-likeness (QED) is 0.652. The van der Waals surface area contributed by atoms with E-state index in [1.165, 1.54) is 12.3 Å². The molecule has 0 spiro atoms. The van der Waals surface area contributed by atoms with Gasteiger partial charge in [0.15, 0.2) is 5.76 Å². The predicted molar refractivity (Wildman–Crippen MR) is 98.7 cm³/mol. The number of carbonyl (C=O) groups is 1. The Bertz CT molecular complexity index is 780. The van der Waals surface area contributed by atoms with Gasteiger partial charge in [-0.3, -0.25) is 14.9 Å². The average Bonchev–Trinajstić information content (AvgIpc) is 3.15. The number of rotatable bonds is 5. The van der Waals surface area contributed by atoms with Crippen LogP contribution in [-0.4, -0.2) is 48.0 Å². The van der Waals surface area contributed by atoms with Crippen molar-refractivity contribution in [1.29, 1.82) is 0 Å². The van der Waals surface area contributed by atoms with Gasteiger partial charge in [-0.2, -0.15) is 0 Å². The van der Waals surface area contributed by atoms with Crippen LogP contribution in [0, 0.1) is 10.1 Å². The third-order valence-corrected chi connectivity index (χ3v) is 4.29. The largest absolute Gasteiger partial charge is 0.459 e. The molecule has 2 aromatic rings. The number of carbonyl (C=O) groups excluding carboxylic acids is 1. The fraction of sp³-hybridized carbons (Fsp3) is 0.389. The Morgan fingerprint density at radius 2 is 1.96 bits per heavy atom. The molecule has 1 aliphatic rings. The predicted octanol–water partition coefficient (Wildman–Crippen LogP) is 2.97. The fourth-order valence-electron chi connectivity index (χ4n) is 3.03. The lowest BCUT2D eigenvalue weighted by Crippen LogP contribution is -2.48. The summed E-state index contributed by atoms with van der Waals surface area (Å²) in [5.41, 5.74) is 1.48. The van der Waals surface area contributed by atoms with Gasteiger partial charge >= 0.3 is 0 Å². The molecule has 0 aliphatic carbocycles. The maximum absolute atomic E-state index is 12.3. The molecule has 1 fully saturated rings. The summed E-state index contributed by atoms with van der Waals surface area (Å²) in [7, 11) is 0. The number of hydrogen-bond donors (Lipinski definition) is 1. The van der Waals surface area contributed by atoms with Gasteiger partial charge in [-0.15, -0.1) is 0 Å². The summed E-state index contributed by atoms with van der Waals surface area (Å²) in [5.74, 6) is 0.234. The Hall–Kier alpha value is -3.03. The summed E-state index contributed by atoms with van der Waals surface area (Å²) in [6.07, 6.45) is 1.49. The number of anilines is 2. The second-order valence-electron chi connectivity index (χ2n) is 6.51. The first-order valence-electron chi connectivity index (χ1n) is 8.58. The lowest BCUT2D eigenvalue weighted by molar-refractivity contribution is -0.384. The number of furan rings is 1. The summed E-state index contributed by atoms with van der Waals surface area (Å²) < 4.78 is 5.17. The highest BCUT2D eigenvalue weighted by molar-refractivity contribution is 5.91. The molecule has 1 amide bonds. The zero-order valence-corrected chi connectivity index (χ0v) is 14.8. The number of nitro groups is 1. The van der Waals surface area contributed by atoms with Crippen LogP contribution in [-0.2, 0) is 0 Å². The summed E-state index contributed by atoms with van der Waals surface area (Å²) in [6, 6.07) is 8.54. The molecule has 0 unspecified atom stereocenters. The average molecular weight is 358 g/mol. The first kappa shape index (κ1) is 17.8. The second-order valence-corrected chi connectivity index (χ2v) is 6.51. The number of benzene rings is 1. The second kappa shape index (κ2) is 7.47. The molecule has 2 heterocycles. The van der Waals surface area contributed by atoms with Crippen molar-refractivity contribution in [2.24, 2.45) is 0 Å². The van der Waals surface area contributed by atoms with E-state index in [0.29, 0.717) is 37.6 Å². The SMILES string of the molecule is CC(C)Nc1cc(N2CCN(C(=O)c3ccco3)CC2)ccc1[N+](=O)[O-]. The highest BCUT2D eigenvalue weighted by Crippen LogP contribution is 2.30. The van der Waals surface area contributed by atoms with Crippen LogP contribution in [0.4, 0.5) is 17.1 Å². The van der Waals surface area contributed by atoms with Gasteiger partial charge in [0.1, 0.15) is 5.69 Å². The molecule has 1 saturated heterocycles. The van der Waals surface area contributed by atoms with E-state index in [2.05, 4.69) is 10.2 Å². The molecule has 8 nitrogen and oxygen atoms in total. The minimum Gasteiger partial charge on any atom is -0.459 e. The highest BCUT2D eigenvalue weighted by atomic mass is 16.6. The first-order valence-corrected chi connectivity index (χ1v) is 8.58. The molecule has 1 aromatic heterocycles. The summed E-state index contributed by atoms with van der Waals surface area (Å²) in [5, 5.41) is 14.4. The van der Waals surface area contributed by atoms with Crippen molar-refractivity contribution >= 4 is 23.0 Å². The fourth-order valence-corrected chi connectivity index (χ4v) is 3.03. The van der Waals surface area contributed by atoms with Gasteiger partial charge in [0.2, 0.25) is 0 Å². The molecular weight excluding hydrogens is 336 g/mol. The van der Waals surface area contributed by atoms with Crippen molar-refractivity contribution in [3.05, 3.63) is 52.5 Å². The lowest BCUT2D eigenvalue weighted by Gasteiger charge is -2.35. The Labute approximate surface area is 151 Å². The van der Waals surface area contributed by atoms with Crippen molar-refractivity contribution in [3.8, 4) is 0 Å². The van der Waals surface area contributed by atoms with E-state index < -0.39 is 0 Å². The van der Waals surface area contributed by atoms with E-state index in [-0.39, 0.29) is 22.6 Å². The summed E-state index contributed by atoms with van der Waals surface area (Å²) in [6.45, 7) is 6.34. The van der Waals surface area contributed by atoms with E-state index in [1.807, 2.05) is 19.9 Å². The molecule has 0 atom stereocenters. The number of nitrogens with one attached hydrogen (secondary N) is 1. The zero-order valence-electron chi connectivity index (χ0n) is 14.8. The number of piperazine rings is 1. The van der Waals surface area contributed by atoms with E-state index in [0.717, 1.165) is 5.69 Å². The van der Waals surface area contributed by atoms with E-state index in [9.17, 15) is 14.9 Å². The molecule has 138 valence electrons. The van der Waals surface area contributed by atoms with Crippen LogP contribution in [0.2, 0.25) is 0 Å². The van der Waals surface area contributed by atoms with Crippen LogP contribution in [0.15, 0.2) is 41.0 Å². The van der Waals surface area contributed by atoms with Gasteiger partial charge in [-0.1, -0.05) is 0 Å². The van der Waals surface area contributed by atoms with E-state index in [1.54, 1.807) is 23.1 Å². The van der Waals surface area contributed by atoms with Crippen molar-refractivity contribution in [2.75, 3.05) is 36.4 Å².